The Morgan fingerprint density at radius 3 is 2.32 bits per heavy atom. The minimum absolute atomic E-state index is 0.0257. The maximum Gasteiger partial charge on any atom is 0.244 e. The van der Waals surface area contributed by atoms with E-state index in [1.54, 1.807) is 36.4 Å². The quantitative estimate of drug-likeness (QED) is 0.331. The molecule has 218 valence electrons. The Kier molecular flexibility index (Phi) is 9.77. The molecule has 0 bridgehead atoms. The molecular weight excluding hydrogens is 566 g/mol. The summed E-state index contributed by atoms with van der Waals surface area (Å²) in [4.78, 5) is 29.3. The molecule has 0 radical (unpaired) electrons. The number of sulfonamides is 1. The average Bonchev–Trinajstić information content (AvgIpc) is 3.42. The van der Waals surface area contributed by atoms with Gasteiger partial charge in [0.15, 0.2) is 11.5 Å². The molecule has 1 heterocycles. The lowest BCUT2D eigenvalue weighted by atomic mass is 10.0. The number of hydrogen-bond acceptors (Lipinski definition) is 6. The number of benzene rings is 3. The summed E-state index contributed by atoms with van der Waals surface area (Å²) in [5.41, 5.74) is 1.85. The molecule has 11 heteroatoms. The molecule has 0 saturated carbocycles. The summed E-state index contributed by atoms with van der Waals surface area (Å²) in [7, 11) is -3.90. The number of halogens is 1. The largest absolute Gasteiger partial charge is 0.454 e. The monoisotopic (exact) mass is 599 g/mol. The standard InChI is InChI=1S/C30H34ClN3O6S/c1-4-21(2)32-30(36)26(16-22-8-6-5-7-9-22)33(18-23-10-12-24(31)13-11-23)29(35)19-34(41(3,37)38)25-14-15-27-28(17-25)40-20-39-27/h5-15,17,21,26H,4,16,18-20H2,1-3H3,(H,32,36)/t21-,26+/m1/s1. The van der Waals surface area contributed by atoms with Crippen molar-refractivity contribution in [3.63, 3.8) is 0 Å². The molecule has 1 aliphatic rings. The first kappa shape index (κ1) is 30.2. The number of carbonyl (C=O) groups is 2. The smallest absolute Gasteiger partial charge is 0.244 e. The fourth-order valence-corrected chi connectivity index (χ4v) is 5.40. The lowest BCUT2D eigenvalue weighted by Crippen LogP contribution is -2.54. The molecule has 3 aromatic carbocycles. The summed E-state index contributed by atoms with van der Waals surface area (Å²) in [6.07, 6.45) is 1.98. The molecule has 41 heavy (non-hydrogen) atoms. The van der Waals surface area contributed by atoms with E-state index >= 15 is 0 Å². The first-order valence-corrected chi connectivity index (χ1v) is 15.5. The summed E-state index contributed by atoms with van der Waals surface area (Å²) in [5.74, 6) is 0.0156. The minimum Gasteiger partial charge on any atom is -0.454 e. The van der Waals surface area contributed by atoms with Gasteiger partial charge in [-0.15, -0.1) is 0 Å². The third-order valence-corrected chi connectivity index (χ3v) is 8.25. The zero-order valence-electron chi connectivity index (χ0n) is 23.2. The Bertz CT molecular complexity index is 1470. The van der Waals surface area contributed by atoms with Gasteiger partial charge < -0.3 is 19.7 Å². The molecule has 2 amide bonds. The number of rotatable bonds is 12. The van der Waals surface area contributed by atoms with Crippen molar-refractivity contribution in [3.05, 3.63) is 88.9 Å². The molecule has 0 spiro atoms. The van der Waals surface area contributed by atoms with E-state index in [-0.39, 0.29) is 37.4 Å². The second kappa shape index (κ2) is 13.3. The maximum absolute atomic E-state index is 14.1. The van der Waals surface area contributed by atoms with E-state index in [1.165, 1.54) is 11.0 Å². The summed E-state index contributed by atoms with van der Waals surface area (Å²) in [6.45, 7) is 3.43. The van der Waals surface area contributed by atoms with Gasteiger partial charge in [0.25, 0.3) is 0 Å². The van der Waals surface area contributed by atoms with E-state index in [2.05, 4.69) is 5.32 Å². The van der Waals surface area contributed by atoms with Gasteiger partial charge in [0.05, 0.1) is 11.9 Å². The van der Waals surface area contributed by atoms with Crippen LogP contribution in [0.25, 0.3) is 0 Å². The fraction of sp³-hybridized carbons (Fsp3) is 0.333. The molecule has 9 nitrogen and oxygen atoms in total. The predicted molar refractivity (Wildman–Crippen MR) is 159 cm³/mol. The van der Waals surface area contributed by atoms with Gasteiger partial charge in [-0.25, -0.2) is 8.42 Å². The first-order chi connectivity index (χ1) is 19.5. The lowest BCUT2D eigenvalue weighted by Gasteiger charge is -2.34. The van der Waals surface area contributed by atoms with Crippen LogP contribution in [0.15, 0.2) is 72.8 Å². The van der Waals surface area contributed by atoms with Crippen molar-refractivity contribution in [2.24, 2.45) is 0 Å². The number of anilines is 1. The Balaban J connectivity index is 1.72. The van der Waals surface area contributed by atoms with E-state index < -0.39 is 28.5 Å². The number of fused-ring (bicyclic) bond motifs is 1. The summed E-state index contributed by atoms with van der Waals surface area (Å²) in [5, 5.41) is 3.54. The number of carbonyl (C=O) groups excluding carboxylic acids is 2. The highest BCUT2D eigenvalue weighted by molar-refractivity contribution is 7.92. The minimum atomic E-state index is -3.90. The van der Waals surface area contributed by atoms with Crippen LogP contribution in [0, 0.1) is 0 Å². The van der Waals surface area contributed by atoms with Crippen molar-refractivity contribution < 1.29 is 27.5 Å². The SMILES string of the molecule is CC[C@@H](C)NC(=O)[C@H](Cc1ccccc1)N(Cc1ccc(Cl)cc1)C(=O)CN(c1ccc2c(c1)OCO2)S(C)(=O)=O. The molecule has 1 aliphatic heterocycles. The number of nitrogens with zero attached hydrogens (tertiary/aromatic N) is 2. The molecule has 0 aromatic heterocycles. The van der Waals surface area contributed by atoms with Crippen LogP contribution in [0.4, 0.5) is 5.69 Å². The number of amides is 2. The molecule has 1 N–H and O–H groups in total. The van der Waals surface area contributed by atoms with Gasteiger partial charge in [-0.05, 0) is 48.7 Å². The van der Waals surface area contributed by atoms with E-state index in [9.17, 15) is 18.0 Å². The van der Waals surface area contributed by atoms with E-state index in [0.29, 0.717) is 22.9 Å². The highest BCUT2D eigenvalue weighted by Gasteiger charge is 2.33. The molecule has 0 aliphatic carbocycles. The molecule has 3 aromatic rings. The number of ether oxygens (including phenoxy) is 2. The highest BCUT2D eigenvalue weighted by Crippen LogP contribution is 2.36. The molecule has 2 atom stereocenters. The normalized spacial score (nSPS) is 13.8. The van der Waals surface area contributed by atoms with Crippen molar-refractivity contribution in [1.82, 2.24) is 10.2 Å². The van der Waals surface area contributed by atoms with Gasteiger partial charge in [0.1, 0.15) is 12.6 Å². The van der Waals surface area contributed by atoms with Crippen LogP contribution in [-0.2, 0) is 32.6 Å². The van der Waals surface area contributed by atoms with E-state index in [1.807, 2.05) is 44.2 Å². The summed E-state index contributed by atoms with van der Waals surface area (Å²) < 4.78 is 37.7. The maximum atomic E-state index is 14.1. The van der Waals surface area contributed by atoms with Crippen LogP contribution in [0.1, 0.15) is 31.4 Å². The molecular formula is C30H34ClN3O6S. The molecule has 0 saturated heterocycles. The Labute approximate surface area is 246 Å². The van der Waals surface area contributed by atoms with Gasteiger partial charge in [0, 0.05) is 30.1 Å². The average molecular weight is 600 g/mol. The zero-order valence-corrected chi connectivity index (χ0v) is 24.8. The van der Waals surface area contributed by atoms with Crippen LogP contribution in [0.2, 0.25) is 5.02 Å². The summed E-state index contributed by atoms with van der Waals surface area (Å²) in [6, 6.07) is 20.0. The lowest BCUT2D eigenvalue weighted by molar-refractivity contribution is -0.140. The van der Waals surface area contributed by atoms with Crippen molar-refractivity contribution in [2.45, 2.75) is 45.3 Å². The van der Waals surface area contributed by atoms with Crippen LogP contribution in [-0.4, -0.2) is 56.8 Å². The van der Waals surface area contributed by atoms with Gasteiger partial charge in [-0.3, -0.25) is 13.9 Å². The van der Waals surface area contributed by atoms with Crippen molar-refractivity contribution in [3.8, 4) is 11.5 Å². The summed E-state index contributed by atoms with van der Waals surface area (Å²) >= 11 is 6.09. The third kappa shape index (κ3) is 7.92. The highest BCUT2D eigenvalue weighted by atomic mass is 35.5. The van der Waals surface area contributed by atoms with E-state index in [4.69, 9.17) is 21.1 Å². The number of hydrogen-bond donors (Lipinski definition) is 1. The Hall–Kier alpha value is -3.76. The van der Waals surface area contributed by atoms with Crippen LogP contribution in [0.3, 0.4) is 0 Å². The van der Waals surface area contributed by atoms with Crippen LogP contribution < -0.4 is 19.1 Å². The van der Waals surface area contributed by atoms with Crippen molar-refractivity contribution >= 4 is 39.1 Å². The number of nitrogens with one attached hydrogen (secondary N) is 1. The van der Waals surface area contributed by atoms with Gasteiger partial charge in [-0.2, -0.15) is 0 Å². The molecule has 4 rings (SSSR count). The zero-order chi connectivity index (χ0) is 29.6. The van der Waals surface area contributed by atoms with Gasteiger partial charge in [0.2, 0.25) is 28.6 Å². The van der Waals surface area contributed by atoms with E-state index in [0.717, 1.165) is 21.7 Å². The van der Waals surface area contributed by atoms with Crippen molar-refractivity contribution in [2.75, 3.05) is 23.9 Å². The Morgan fingerprint density at radius 2 is 1.66 bits per heavy atom. The van der Waals surface area contributed by atoms with Crippen LogP contribution >= 0.6 is 11.6 Å². The second-order valence-electron chi connectivity index (χ2n) is 9.98. The predicted octanol–water partition coefficient (Wildman–Crippen LogP) is 4.39. The van der Waals surface area contributed by atoms with Crippen LogP contribution in [0.5, 0.6) is 11.5 Å². The van der Waals surface area contributed by atoms with Crippen molar-refractivity contribution in [1.29, 1.82) is 0 Å². The van der Waals surface area contributed by atoms with Gasteiger partial charge in [-0.1, -0.05) is 61.0 Å². The fourth-order valence-electron chi connectivity index (χ4n) is 4.44. The third-order valence-electron chi connectivity index (χ3n) is 6.86. The first-order valence-electron chi connectivity index (χ1n) is 13.3. The van der Waals surface area contributed by atoms with Gasteiger partial charge >= 0.3 is 0 Å². The second-order valence-corrected chi connectivity index (χ2v) is 12.3. The Morgan fingerprint density at radius 1 is 0.976 bits per heavy atom. The molecule has 0 unspecified atom stereocenters. The molecule has 0 fully saturated rings. The topological polar surface area (TPSA) is 105 Å².